The van der Waals surface area contributed by atoms with Gasteiger partial charge in [-0.1, -0.05) is 33.6 Å². The maximum absolute atomic E-state index is 13.6. The first-order chi connectivity index (χ1) is 8.66. The second-order valence-corrected chi connectivity index (χ2v) is 5.82. The first-order valence-electron chi connectivity index (χ1n) is 5.76. The normalized spacial score (nSPS) is 12.6. The van der Waals surface area contributed by atoms with Crippen molar-refractivity contribution in [3.05, 3.63) is 58.8 Å². The summed E-state index contributed by atoms with van der Waals surface area (Å²) >= 11 is 9.56. The van der Waals surface area contributed by atoms with E-state index >= 15 is 0 Å². The summed E-state index contributed by atoms with van der Waals surface area (Å²) in [4.78, 5) is 0.178. The van der Waals surface area contributed by atoms with Crippen LogP contribution in [0.4, 0.5) is 4.39 Å². The van der Waals surface area contributed by atoms with Gasteiger partial charge < -0.3 is 4.42 Å². The Morgan fingerprint density at radius 1 is 1.28 bits per heavy atom. The Morgan fingerprint density at radius 3 is 2.78 bits per heavy atom. The van der Waals surface area contributed by atoms with Gasteiger partial charge in [-0.3, -0.25) is 0 Å². The van der Waals surface area contributed by atoms with Crippen molar-refractivity contribution in [3.63, 3.8) is 0 Å². The zero-order valence-electron chi connectivity index (χ0n) is 9.70. The Morgan fingerprint density at radius 2 is 2.11 bits per heavy atom. The van der Waals surface area contributed by atoms with Crippen LogP contribution in [0.2, 0.25) is 5.02 Å². The predicted molar refractivity (Wildman–Crippen MR) is 74.9 cm³/mol. The van der Waals surface area contributed by atoms with Crippen LogP contribution in [-0.2, 0) is 12.8 Å². The lowest BCUT2D eigenvalue weighted by Crippen LogP contribution is -2.06. The minimum atomic E-state index is -0.245. The van der Waals surface area contributed by atoms with Crippen molar-refractivity contribution in [1.82, 2.24) is 0 Å². The highest BCUT2D eigenvalue weighted by Gasteiger charge is 2.13. The van der Waals surface area contributed by atoms with E-state index in [0.717, 1.165) is 18.6 Å². The molecule has 0 spiro atoms. The van der Waals surface area contributed by atoms with Gasteiger partial charge in [-0.2, -0.15) is 0 Å². The number of hydrogen-bond acceptors (Lipinski definition) is 1. The van der Waals surface area contributed by atoms with Gasteiger partial charge >= 0.3 is 0 Å². The summed E-state index contributed by atoms with van der Waals surface area (Å²) < 4.78 is 18.9. The Kier molecular flexibility index (Phi) is 4.84. The molecule has 1 aromatic carbocycles. The van der Waals surface area contributed by atoms with Gasteiger partial charge in [0, 0.05) is 21.8 Å². The molecule has 2 aromatic rings. The molecule has 0 amide bonds. The number of halogens is 3. The second kappa shape index (κ2) is 6.39. The third-order valence-electron chi connectivity index (χ3n) is 2.77. The van der Waals surface area contributed by atoms with Crippen molar-refractivity contribution in [1.29, 1.82) is 0 Å². The van der Waals surface area contributed by atoms with E-state index in [4.69, 9.17) is 16.0 Å². The quantitative estimate of drug-likeness (QED) is 0.702. The molecule has 1 atom stereocenters. The Bertz CT molecular complexity index is 478. The SMILES string of the molecule is Fc1cccc(Cl)c1CC(Br)CCc1ccco1. The van der Waals surface area contributed by atoms with Crippen molar-refractivity contribution >= 4 is 27.5 Å². The van der Waals surface area contributed by atoms with E-state index in [9.17, 15) is 4.39 Å². The van der Waals surface area contributed by atoms with Crippen LogP contribution in [0.3, 0.4) is 0 Å². The van der Waals surface area contributed by atoms with E-state index < -0.39 is 0 Å². The van der Waals surface area contributed by atoms with E-state index in [-0.39, 0.29) is 10.6 Å². The van der Waals surface area contributed by atoms with Crippen LogP contribution in [0.25, 0.3) is 0 Å². The molecule has 18 heavy (non-hydrogen) atoms. The minimum Gasteiger partial charge on any atom is -0.469 e. The van der Waals surface area contributed by atoms with Crippen molar-refractivity contribution in [2.45, 2.75) is 24.1 Å². The first kappa shape index (κ1) is 13.6. The van der Waals surface area contributed by atoms with Crippen LogP contribution in [-0.4, -0.2) is 4.83 Å². The smallest absolute Gasteiger partial charge is 0.127 e. The molecular weight excluding hydrogens is 319 g/mol. The molecule has 0 saturated carbocycles. The van der Waals surface area contributed by atoms with Gasteiger partial charge in [0.2, 0.25) is 0 Å². The maximum Gasteiger partial charge on any atom is 0.127 e. The second-order valence-electron chi connectivity index (χ2n) is 4.12. The van der Waals surface area contributed by atoms with Crippen molar-refractivity contribution in [2.75, 3.05) is 0 Å². The lowest BCUT2D eigenvalue weighted by atomic mass is 10.1. The molecule has 0 aliphatic heterocycles. The average molecular weight is 332 g/mol. The summed E-state index contributed by atoms with van der Waals surface area (Å²) in [6, 6.07) is 8.58. The van der Waals surface area contributed by atoms with Crippen LogP contribution in [0, 0.1) is 5.82 Å². The average Bonchev–Trinajstić information content (AvgIpc) is 2.84. The van der Waals surface area contributed by atoms with E-state index in [2.05, 4.69) is 15.9 Å². The number of benzene rings is 1. The number of furan rings is 1. The fraction of sp³-hybridized carbons (Fsp3) is 0.286. The van der Waals surface area contributed by atoms with Gasteiger partial charge in [0.1, 0.15) is 11.6 Å². The van der Waals surface area contributed by atoms with Gasteiger partial charge in [-0.25, -0.2) is 4.39 Å². The zero-order valence-corrected chi connectivity index (χ0v) is 12.0. The molecule has 96 valence electrons. The highest BCUT2D eigenvalue weighted by atomic mass is 79.9. The van der Waals surface area contributed by atoms with E-state index in [0.29, 0.717) is 17.0 Å². The summed E-state index contributed by atoms with van der Waals surface area (Å²) in [5.74, 6) is 0.698. The molecule has 0 saturated heterocycles. The Labute approximate surface area is 119 Å². The largest absolute Gasteiger partial charge is 0.469 e. The van der Waals surface area contributed by atoms with E-state index in [1.165, 1.54) is 6.07 Å². The monoisotopic (exact) mass is 330 g/mol. The van der Waals surface area contributed by atoms with Crippen LogP contribution >= 0.6 is 27.5 Å². The molecule has 1 unspecified atom stereocenters. The fourth-order valence-electron chi connectivity index (χ4n) is 1.80. The number of aryl methyl sites for hydroxylation is 1. The lowest BCUT2D eigenvalue weighted by molar-refractivity contribution is 0.499. The predicted octanol–water partition coefficient (Wildman–Crippen LogP) is 5.01. The van der Waals surface area contributed by atoms with E-state index in [1.54, 1.807) is 18.4 Å². The van der Waals surface area contributed by atoms with Crippen molar-refractivity contribution in [3.8, 4) is 0 Å². The van der Waals surface area contributed by atoms with Gasteiger partial charge in [-0.05, 0) is 37.1 Å². The molecular formula is C14H13BrClFO. The van der Waals surface area contributed by atoms with Gasteiger partial charge in [0.05, 0.1) is 6.26 Å². The van der Waals surface area contributed by atoms with E-state index in [1.807, 2.05) is 12.1 Å². The fourth-order valence-corrected chi connectivity index (χ4v) is 2.60. The molecule has 0 aliphatic carbocycles. The van der Waals surface area contributed by atoms with Crippen LogP contribution < -0.4 is 0 Å². The van der Waals surface area contributed by atoms with Crippen LogP contribution in [0.5, 0.6) is 0 Å². The third-order valence-corrected chi connectivity index (χ3v) is 3.91. The number of alkyl halides is 1. The molecule has 0 radical (unpaired) electrons. The van der Waals surface area contributed by atoms with Crippen LogP contribution in [0.1, 0.15) is 17.7 Å². The molecule has 1 aromatic heterocycles. The summed E-state index contributed by atoms with van der Waals surface area (Å²) in [7, 11) is 0. The van der Waals surface area contributed by atoms with Crippen molar-refractivity contribution < 1.29 is 8.81 Å². The molecule has 0 N–H and O–H groups in total. The molecule has 2 rings (SSSR count). The highest BCUT2D eigenvalue weighted by Crippen LogP contribution is 2.24. The summed E-state index contributed by atoms with van der Waals surface area (Å²) in [6.07, 6.45) is 3.94. The number of rotatable bonds is 5. The Hall–Kier alpha value is -0.800. The summed E-state index contributed by atoms with van der Waals surface area (Å²) in [6.45, 7) is 0. The lowest BCUT2D eigenvalue weighted by Gasteiger charge is -2.11. The molecule has 0 fully saturated rings. The van der Waals surface area contributed by atoms with Crippen LogP contribution in [0.15, 0.2) is 41.0 Å². The standard InChI is InChI=1S/C14H13BrClFO/c15-10(6-7-11-3-2-8-18-11)9-12-13(16)4-1-5-14(12)17/h1-5,8,10H,6-7,9H2. The number of hydrogen-bond donors (Lipinski definition) is 0. The maximum atomic E-state index is 13.6. The topological polar surface area (TPSA) is 13.1 Å². The Balaban J connectivity index is 1.92. The summed E-state index contributed by atoms with van der Waals surface area (Å²) in [5, 5.41) is 0.484. The molecule has 1 heterocycles. The van der Waals surface area contributed by atoms with Gasteiger partial charge in [0.15, 0.2) is 0 Å². The molecule has 1 nitrogen and oxygen atoms in total. The first-order valence-corrected chi connectivity index (χ1v) is 7.05. The molecule has 4 heteroatoms. The highest BCUT2D eigenvalue weighted by molar-refractivity contribution is 9.09. The minimum absolute atomic E-state index is 0.178. The van der Waals surface area contributed by atoms with Gasteiger partial charge in [-0.15, -0.1) is 0 Å². The molecule has 0 bridgehead atoms. The zero-order chi connectivity index (χ0) is 13.0. The third kappa shape index (κ3) is 3.59. The summed E-state index contributed by atoms with van der Waals surface area (Å²) in [5.41, 5.74) is 0.570. The van der Waals surface area contributed by atoms with Crippen molar-refractivity contribution in [2.24, 2.45) is 0 Å². The van der Waals surface area contributed by atoms with Gasteiger partial charge in [0.25, 0.3) is 0 Å². The molecule has 0 aliphatic rings.